The Morgan fingerprint density at radius 2 is 2.29 bits per heavy atom. The lowest BCUT2D eigenvalue weighted by Gasteiger charge is -2.11. The van der Waals surface area contributed by atoms with E-state index in [2.05, 4.69) is 5.10 Å². The largest absolute Gasteiger partial charge is 0.481 e. The van der Waals surface area contributed by atoms with Crippen LogP contribution >= 0.6 is 0 Å². The van der Waals surface area contributed by atoms with E-state index in [0.29, 0.717) is 12.3 Å². The molecule has 80 valence electrons. The lowest BCUT2D eigenvalue weighted by molar-refractivity contribution is 0.274. The molecule has 1 aromatic heterocycles. The summed E-state index contributed by atoms with van der Waals surface area (Å²) in [7, 11) is 3.40. The van der Waals surface area contributed by atoms with Crippen LogP contribution in [0.5, 0.6) is 5.88 Å². The maximum Gasteiger partial charge on any atom is 0.216 e. The van der Waals surface area contributed by atoms with Gasteiger partial charge in [0.2, 0.25) is 5.88 Å². The topological polar surface area (TPSA) is 73.3 Å². The zero-order valence-corrected chi connectivity index (χ0v) is 8.82. The van der Waals surface area contributed by atoms with E-state index in [9.17, 15) is 0 Å². The van der Waals surface area contributed by atoms with Crippen molar-refractivity contribution in [1.29, 1.82) is 0 Å². The number of hydrogen-bond donors (Lipinski definition) is 2. The summed E-state index contributed by atoms with van der Waals surface area (Å²) in [6, 6.07) is -0.219. The minimum Gasteiger partial charge on any atom is -0.481 e. The van der Waals surface area contributed by atoms with Gasteiger partial charge in [-0.15, -0.1) is 0 Å². The summed E-state index contributed by atoms with van der Waals surface area (Å²) in [6.45, 7) is 1.95. The van der Waals surface area contributed by atoms with E-state index >= 15 is 0 Å². The van der Waals surface area contributed by atoms with Gasteiger partial charge in [-0.05, 0) is 13.3 Å². The molecular weight excluding hydrogens is 182 g/mol. The number of aliphatic hydroxyl groups is 1. The Labute approximate surface area is 83.5 Å². The number of hydrogen-bond acceptors (Lipinski definition) is 4. The summed E-state index contributed by atoms with van der Waals surface area (Å²) in [5.41, 5.74) is 7.63. The predicted octanol–water partition coefficient (Wildman–Crippen LogP) is 0.119. The van der Waals surface area contributed by atoms with E-state index in [1.807, 2.05) is 6.92 Å². The average Bonchev–Trinajstić information content (AvgIpc) is 2.40. The Bertz CT molecular complexity index is 309. The zero-order chi connectivity index (χ0) is 10.7. The highest BCUT2D eigenvalue weighted by Crippen LogP contribution is 2.27. The standard InChI is InChI=1S/C9H17N3O2/c1-6-8(7(10)4-5-13)9(14-3)12(2)11-6/h7,13H,4-5,10H2,1-3H3/t7-/m0/s1. The van der Waals surface area contributed by atoms with Gasteiger partial charge in [-0.3, -0.25) is 0 Å². The fourth-order valence-corrected chi connectivity index (χ4v) is 1.61. The SMILES string of the molecule is COc1c([C@@H](N)CCO)c(C)nn1C. The van der Waals surface area contributed by atoms with Crippen LogP contribution in [0.4, 0.5) is 0 Å². The third-order valence-electron chi connectivity index (χ3n) is 2.22. The lowest BCUT2D eigenvalue weighted by atomic mass is 10.1. The van der Waals surface area contributed by atoms with Crippen LogP contribution in [0, 0.1) is 6.92 Å². The highest BCUT2D eigenvalue weighted by Gasteiger charge is 2.19. The molecule has 0 fully saturated rings. The summed E-state index contributed by atoms with van der Waals surface area (Å²) >= 11 is 0. The van der Waals surface area contributed by atoms with Gasteiger partial charge in [0, 0.05) is 19.7 Å². The van der Waals surface area contributed by atoms with Crippen LogP contribution in [0.2, 0.25) is 0 Å². The summed E-state index contributed by atoms with van der Waals surface area (Å²) in [4.78, 5) is 0. The molecular formula is C9H17N3O2. The van der Waals surface area contributed by atoms with Crippen molar-refractivity contribution in [2.24, 2.45) is 12.8 Å². The Hall–Kier alpha value is -1.07. The molecule has 1 heterocycles. The van der Waals surface area contributed by atoms with Gasteiger partial charge in [-0.25, -0.2) is 4.68 Å². The van der Waals surface area contributed by atoms with Crippen LogP contribution in [-0.4, -0.2) is 28.6 Å². The first-order chi connectivity index (χ1) is 6.61. The molecule has 0 amide bonds. The van der Waals surface area contributed by atoms with E-state index < -0.39 is 0 Å². The van der Waals surface area contributed by atoms with Gasteiger partial charge in [-0.1, -0.05) is 0 Å². The number of methoxy groups -OCH3 is 1. The van der Waals surface area contributed by atoms with Crippen LogP contribution in [-0.2, 0) is 7.05 Å². The first-order valence-corrected chi connectivity index (χ1v) is 4.55. The Morgan fingerprint density at radius 1 is 1.64 bits per heavy atom. The van der Waals surface area contributed by atoms with Gasteiger partial charge in [0.05, 0.1) is 18.4 Å². The van der Waals surface area contributed by atoms with Crippen LogP contribution in [0.25, 0.3) is 0 Å². The molecule has 0 aliphatic rings. The average molecular weight is 199 g/mol. The first-order valence-electron chi connectivity index (χ1n) is 4.55. The molecule has 5 heteroatoms. The summed E-state index contributed by atoms with van der Waals surface area (Å²) in [6.07, 6.45) is 0.517. The van der Waals surface area contributed by atoms with Crippen LogP contribution in [0.15, 0.2) is 0 Å². The van der Waals surface area contributed by atoms with Gasteiger partial charge in [0.1, 0.15) is 0 Å². The number of nitrogens with two attached hydrogens (primary N) is 1. The second-order valence-electron chi connectivity index (χ2n) is 3.25. The highest BCUT2D eigenvalue weighted by molar-refractivity contribution is 5.33. The lowest BCUT2D eigenvalue weighted by Crippen LogP contribution is -2.13. The summed E-state index contributed by atoms with van der Waals surface area (Å²) in [5, 5.41) is 13.0. The number of aliphatic hydroxyl groups excluding tert-OH is 1. The van der Waals surface area contributed by atoms with Crippen molar-refractivity contribution in [2.75, 3.05) is 13.7 Å². The van der Waals surface area contributed by atoms with Crippen molar-refractivity contribution in [1.82, 2.24) is 9.78 Å². The predicted molar refractivity (Wildman–Crippen MR) is 53.1 cm³/mol. The minimum absolute atomic E-state index is 0.0681. The fraction of sp³-hybridized carbons (Fsp3) is 0.667. The van der Waals surface area contributed by atoms with Crippen molar-refractivity contribution in [3.63, 3.8) is 0 Å². The summed E-state index contributed by atoms with van der Waals surface area (Å²) < 4.78 is 6.86. The molecule has 1 rings (SSSR count). The first kappa shape index (κ1) is 11.0. The Kier molecular flexibility index (Phi) is 3.49. The van der Waals surface area contributed by atoms with E-state index in [0.717, 1.165) is 11.3 Å². The van der Waals surface area contributed by atoms with Crippen molar-refractivity contribution in [3.05, 3.63) is 11.3 Å². The van der Waals surface area contributed by atoms with Crippen molar-refractivity contribution < 1.29 is 9.84 Å². The second-order valence-corrected chi connectivity index (χ2v) is 3.25. The molecule has 0 unspecified atom stereocenters. The maximum atomic E-state index is 8.81. The molecule has 0 saturated carbocycles. The third kappa shape index (κ3) is 1.88. The van der Waals surface area contributed by atoms with Crippen molar-refractivity contribution >= 4 is 0 Å². The van der Waals surface area contributed by atoms with E-state index in [4.69, 9.17) is 15.6 Å². The smallest absolute Gasteiger partial charge is 0.216 e. The normalized spacial score (nSPS) is 12.9. The van der Waals surface area contributed by atoms with E-state index in [1.54, 1.807) is 18.8 Å². The molecule has 0 bridgehead atoms. The maximum absolute atomic E-state index is 8.81. The van der Waals surface area contributed by atoms with Crippen LogP contribution < -0.4 is 10.5 Å². The number of ether oxygens (including phenoxy) is 1. The van der Waals surface area contributed by atoms with E-state index in [-0.39, 0.29) is 12.6 Å². The Balaban J connectivity index is 3.04. The number of aryl methyl sites for hydroxylation is 2. The van der Waals surface area contributed by atoms with E-state index in [1.165, 1.54) is 0 Å². The fourth-order valence-electron chi connectivity index (χ4n) is 1.61. The third-order valence-corrected chi connectivity index (χ3v) is 2.22. The molecule has 0 aromatic carbocycles. The highest BCUT2D eigenvalue weighted by atomic mass is 16.5. The van der Waals surface area contributed by atoms with Gasteiger partial charge in [-0.2, -0.15) is 5.10 Å². The molecule has 14 heavy (non-hydrogen) atoms. The van der Waals surface area contributed by atoms with Crippen LogP contribution in [0.1, 0.15) is 23.7 Å². The summed E-state index contributed by atoms with van der Waals surface area (Å²) in [5.74, 6) is 0.670. The van der Waals surface area contributed by atoms with Gasteiger partial charge in [0.15, 0.2) is 0 Å². The molecule has 1 atom stereocenters. The van der Waals surface area contributed by atoms with Crippen LogP contribution in [0.3, 0.4) is 0 Å². The molecule has 0 saturated heterocycles. The number of nitrogens with zero attached hydrogens (tertiary/aromatic N) is 2. The minimum atomic E-state index is -0.219. The van der Waals surface area contributed by atoms with Crippen molar-refractivity contribution in [3.8, 4) is 5.88 Å². The second kappa shape index (κ2) is 4.43. The number of aromatic nitrogens is 2. The van der Waals surface area contributed by atoms with Gasteiger partial charge < -0.3 is 15.6 Å². The molecule has 5 nitrogen and oxygen atoms in total. The monoisotopic (exact) mass is 199 g/mol. The van der Waals surface area contributed by atoms with Gasteiger partial charge >= 0.3 is 0 Å². The molecule has 0 aliphatic heterocycles. The molecule has 0 aliphatic carbocycles. The van der Waals surface area contributed by atoms with Crippen molar-refractivity contribution in [2.45, 2.75) is 19.4 Å². The molecule has 3 N–H and O–H groups in total. The molecule has 0 radical (unpaired) electrons. The quantitative estimate of drug-likeness (QED) is 0.722. The molecule has 0 spiro atoms. The zero-order valence-electron chi connectivity index (χ0n) is 8.82. The van der Waals surface area contributed by atoms with Gasteiger partial charge in [0.25, 0.3) is 0 Å². The number of rotatable bonds is 4. The Morgan fingerprint density at radius 3 is 2.79 bits per heavy atom. The molecule has 1 aromatic rings.